The van der Waals surface area contributed by atoms with E-state index in [-0.39, 0.29) is 0 Å². The summed E-state index contributed by atoms with van der Waals surface area (Å²) in [7, 11) is 0. The van der Waals surface area contributed by atoms with Crippen LogP contribution >= 0.6 is 0 Å². The summed E-state index contributed by atoms with van der Waals surface area (Å²) in [5, 5.41) is 0. The first kappa shape index (κ1) is 13.1. The summed E-state index contributed by atoms with van der Waals surface area (Å²) in [6.07, 6.45) is 9.83. The van der Waals surface area contributed by atoms with E-state index in [1.807, 2.05) is 50.3 Å². The Kier molecular flexibility index (Phi) is 13.4. The molecule has 1 aromatic rings. The molecule has 0 heteroatoms. The molecule has 0 aromatic heterocycles. The molecule has 0 spiro atoms. The quantitative estimate of drug-likeness (QED) is 0.550. The molecular weight excluding hydrogens is 144 g/mol. The Labute approximate surface area is 75.9 Å². The van der Waals surface area contributed by atoms with E-state index < -0.39 is 0 Å². The molecule has 12 heavy (non-hydrogen) atoms. The molecule has 0 heterocycles. The minimum Gasteiger partial charge on any atom is -0.124 e. The van der Waals surface area contributed by atoms with Crippen LogP contribution in [0.3, 0.4) is 0 Å². The molecule has 0 aliphatic rings. The maximum Gasteiger partial charge on any atom is -0.0263 e. The van der Waals surface area contributed by atoms with Crippen molar-refractivity contribution in [1.29, 1.82) is 0 Å². The first-order valence-corrected chi connectivity index (χ1v) is 3.94. The summed E-state index contributed by atoms with van der Waals surface area (Å²) in [6, 6.07) is 10.0. The molecule has 0 unspecified atom stereocenters. The van der Waals surface area contributed by atoms with Gasteiger partial charge in [-0.15, -0.1) is 12.8 Å². The second-order valence-corrected chi connectivity index (χ2v) is 1.61. The minimum atomic E-state index is 1.17. The second kappa shape index (κ2) is 12.2. The van der Waals surface area contributed by atoms with Gasteiger partial charge < -0.3 is 0 Å². The molecule has 0 atom stereocenters. The summed E-state index contributed by atoms with van der Waals surface area (Å²) in [5.41, 5.74) is 1.17. The van der Waals surface area contributed by atoms with Gasteiger partial charge in [-0.2, -0.15) is 0 Å². The molecule has 1 rings (SSSR count). The summed E-state index contributed by atoms with van der Waals surface area (Å²) >= 11 is 0. The van der Waals surface area contributed by atoms with Gasteiger partial charge in [0.25, 0.3) is 0 Å². The molecule has 1 aromatic carbocycles. The van der Waals surface area contributed by atoms with Crippen LogP contribution in [-0.2, 0) is 0 Å². The number of hydrogen-bond acceptors (Lipinski definition) is 0. The number of terminal acetylenes is 1. The van der Waals surface area contributed by atoms with Gasteiger partial charge in [0, 0.05) is 0 Å². The molecule has 0 N–H and O–H groups in total. The molecule has 0 amide bonds. The van der Waals surface area contributed by atoms with E-state index in [1.165, 1.54) is 5.56 Å². The third kappa shape index (κ3) is 6.64. The Bertz CT molecular complexity index is 194. The van der Waals surface area contributed by atoms with Gasteiger partial charge in [-0.3, -0.25) is 0 Å². The lowest BCUT2D eigenvalue weighted by atomic mass is 10.2. The summed E-state index contributed by atoms with van der Waals surface area (Å²) in [5.74, 6) is 0. The average Bonchev–Trinajstić information content (AvgIpc) is 2.25. The lowest BCUT2D eigenvalue weighted by molar-refractivity contribution is 1.50. The van der Waals surface area contributed by atoms with Crippen LogP contribution in [0.25, 0.3) is 6.08 Å². The topological polar surface area (TPSA) is 0 Å². The van der Waals surface area contributed by atoms with Gasteiger partial charge in [-0.1, -0.05) is 56.8 Å². The van der Waals surface area contributed by atoms with Crippen molar-refractivity contribution in [2.24, 2.45) is 0 Å². The van der Waals surface area contributed by atoms with Gasteiger partial charge >= 0.3 is 0 Å². The van der Waals surface area contributed by atoms with Gasteiger partial charge in [0.2, 0.25) is 0 Å². The van der Waals surface area contributed by atoms with Crippen LogP contribution < -0.4 is 0 Å². The summed E-state index contributed by atoms with van der Waals surface area (Å²) < 4.78 is 0. The van der Waals surface area contributed by atoms with Crippen molar-refractivity contribution in [2.45, 2.75) is 13.8 Å². The minimum absolute atomic E-state index is 1.17. The Morgan fingerprint density at radius 2 is 1.50 bits per heavy atom. The largest absolute Gasteiger partial charge is 0.124 e. The lowest BCUT2D eigenvalue weighted by Gasteiger charge is -1.85. The van der Waals surface area contributed by atoms with Crippen molar-refractivity contribution in [1.82, 2.24) is 0 Å². The predicted octanol–water partition coefficient (Wildman–Crippen LogP) is 3.61. The van der Waals surface area contributed by atoms with Gasteiger partial charge in [-0.25, -0.2) is 0 Å². The molecule has 0 saturated carbocycles. The van der Waals surface area contributed by atoms with E-state index in [0.29, 0.717) is 0 Å². The van der Waals surface area contributed by atoms with Crippen LogP contribution in [0.2, 0.25) is 0 Å². The Morgan fingerprint density at radius 1 is 1.08 bits per heavy atom. The van der Waals surface area contributed by atoms with Gasteiger partial charge in [0.05, 0.1) is 0 Å². The zero-order chi connectivity index (χ0) is 9.82. The van der Waals surface area contributed by atoms with Crippen molar-refractivity contribution >= 4 is 6.08 Å². The summed E-state index contributed by atoms with van der Waals surface area (Å²) in [4.78, 5) is 0. The fourth-order valence-corrected chi connectivity index (χ4v) is 0.589. The van der Waals surface area contributed by atoms with Gasteiger partial charge in [0.1, 0.15) is 0 Å². The number of rotatable bonds is 1. The molecular formula is C12H16. The zero-order valence-electron chi connectivity index (χ0n) is 7.83. The van der Waals surface area contributed by atoms with Crippen molar-refractivity contribution in [3.8, 4) is 12.8 Å². The molecule has 0 bridgehead atoms. The standard InChI is InChI=1S/C8H8.C2H6.C2H2/c1-2-8-6-4-3-5-7-8;2*1-2/h2-7H,1H2;1-2H3;1-2H. The SMILES string of the molecule is C#C.C=Cc1ccccc1.CC. The normalized spacial score (nSPS) is 6.33. The highest BCUT2D eigenvalue weighted by Crippen LogP contribution is 1.97. The van der Waals surface area contributed by atoms with E-state index >= 15 is 0 Å². The molecule has 0 fully saturated rings. The third-order valence-corrected chi connectivity index (χ3v) is 1.04. The van der Waals surface area contributed by atoms with Gasteiger partial charge in [-0.05, 0) is 5.56 Å². The monoisotopic (exact) mass is 160 g/mol. The van der Waals surface area contributed by atoms with Crippen molar-refractivity contribution < 1.29 is 0 Å². The van der Waals surface area contributed by atoms with Crippen molar-refractivity contribution in [3.63, 3.8) is 0 Å². The molecule has 0 nitrogen and oxygen atoms in total. The first-order chi connectivity index (χ1) is 5.93. The van der Waals surface area contributed by atoms with E-state index in [4.69, 9.17) is 0 Å². The molecule has 64 valence electrons. The lowest BCUT2D eigenvalue weighted by Crippen LogP contribution is -1.63. The molecule has 0 aliphatic carbocycles. The van der Waals surface area contributed by atoms with Crippen molar-refractivity contribution in [2.75, 3.05) is 0 Å². The van der Waals surface area contributed by atoms with Crippen LogP contribution in [0.5, 0.6) is 0 Å². The maximum absolute atomic E-state index is 4.00. The smallest absolute Gasteiger partial charge is 0.0263 e. The van der Waals surface area contributed by atoms with E-state index in [0.717, 1.165) is 0 Å². The first-order valence-electron chi connectivity index (χ1n) is 3.94. The summed E-state index contributed by atoms with van der Waals surface area (Å²) in [6.45, 7) is 7.63. The van der Waals surface area contributed by atoms with Crippen LogP contribution in [0, 0.1) is 12.8 Å². The second-order valence-electron chi connectivity index (χ2n) is 1.61. The maximum atomic E-state index is 4.00. The highest BCUT2D eigenvalue weighted by molar-refractivity contribution is 5.45. The van der Waals surface area contributed by atoms with E-state index in [9.17, 15) is 0 Å². The van der Waals surface area contributed by atoms with E-state index in [1.54, 1.807) is 0 Å². The molecule has 0 radical (unpaired) electrons. The van der Waals surface area contributed by atoms with Crippen molar-refractivity contribution in [3.05, 3.63) is 42.5 Å². The zero-order valence-corrected chi connectivity index (χ0v) is 7.83. The Morgan fingerprint density at radius 3 is 1.75 bits per heavy atom. The molecule has 0 saturated heterocycles. The highest BCUT2D eigenvalue weighted by Gasteiger charge is 1.75. The van der Waals surface area contributed by atoms with E-state index in [2.05, 4.69) is 19.4 Å². The predicted molar refractivity (Wildman–Crippen MR) is 57.8 cm³/mol. The third-order valence-electron chi connectivity index (χ3n) is 1.04. The fourth-order valence-electron chi connectivity index (χ4n) is 0.589. The van der Waals surface area contributed by atoms with Crippen LogP contribution in [-0.4, -0.2) is 0 Å². The molecule has 0 aliphatic heterocycles. The highest BCUT2D eigenvalue weighted by atomic mass is 13.8. The average molecular weight is 160 g/mol. The Hall–Kier alpha value is -1.48. The van der Waals surface area contributed by atoms with Gasteiger partial charge in [0.15, 0.2) is 0 Å². The number of hydrogen-bond donors (Lipinski definition) is 0. The van der Waals surface area contributed by atoms with Crippen LogP contribution in [0.1, 0.15) is 19.4 Å². The van der Waals surface area contributed by atoms with Crippen LogP contribution in [0.4, 0.5) is 0 Å². The Balaban J connectivity index is 0. The van der Waals surface area contributed by atoms with Crippen LogP contribution in [0.15, 0.2) is 36.9 Å². The fraction of sp³-hybridized carbons (Fsp3) is 0.167. The number of benzene rings is 1.